The predicted molar refractivity (Wildman–Crippen MR) is 68.9 cm³/mol. The minimum absolute atomic E-state index is 0.0169. The summed E-state index contributed by atoms with van der Waals surface area (Å²) >= 11 is 0. The second kappa shape index (κ2) is 6.17. The van der Waals surface area contributed by atoms with Crippen molar-refractivity contribution < 1.29 is 10.2 Å². The Hall–Kier alpha value is -1.66. The van der Waals surface area contributed by atoms with Gasteiger partial charge < -0.3 is 10.2 Å². The maximum Gasteiger partial charge on any atom is 0.120 e. The molecule has 3 N–H and O–H groups in total. The van der Waals surface area contributed by atoms with Crippen molar-refractivity contribution in [2.24, 2.45) is 0 Å². The lowest BCUT2D eigenvalue weighted by molar-refractivity contribution is 0.431. The number of phenols is 2. The van der Waals surface area contributed by atoms with Crippen LogP contribution in [0.25, 0.3) is 0 Å². The minimum atomic E-state index is -0.102. The molecule has 0 fully saturated rings. The first-order valence-corrected chi connectivity index (χ1v) is 5.82. The Morgan fingerprint density at radius 2 is 2.12 bits per heavy atom. The molecule has 1 rings (SSSR count). The molecule has 2 atom stereocenters. The van der Waals surface area contributed by atoms with Crippen molar-refractivity contribution in [3.05, 3.63) is 23.8 Å². The van der Waals surface area contributed by atoms with Gasteiger partial charge in [0.15, 0.2) is 0 Å². The highest BCUT2D eigenvalue weighted by Gasteiger charge is 2.14. The van der Waals surface area contributed by atoms with Crippen LogP contribution in [-0.2, 0) is 0 Å². The van der Waals surface area contributed by atoms with Gasteiger partial charge in [0, 0.05) is 11.6 Å². The first kappa shape index (κ1) is 13.4. The van der Waals surface area contributed by atoms with Crippen molar-refractivity contribution in [2.75, 3.05) is 0 Å². The number of hydrogen-bond donors (Lipinski definition) is 3. The Labute approximate surface area is 102 Å². The molecule has 0 saturated carbocycles. The van der Waals surface area contributed by atoms with E-state index in [4.69, 9.17) is 6.42 Å². The molecule has 92 valence electrons. The Kier molecular flexibility index (Phi) is 4.86. The second-order valence-electron chi connectivity index (χ2n) is 4.14. The topological polar surface area (TPSA) is 52.5 Å². The predicted octanol–water partition coefficient (Wildman–Crippen LogP) is 2.55. The molecule has 2 unspecified atom stereocenters. The van der Waals surface area contributed by atoms with Crippen LogP contribution in [0.2, 0.25) is 0 Å². The SMILES string of the molecule is C#CC(CCC)NC(C)c1cc(O)ccc1O. The molecule has 0 saturated heterocycles. The molecule has 17 heavy (non-hydrogen) atoms. The molecule has 0 aromatic heterocycles. The van der Waals surface area contributed by atoms with Crippen LogP contribution < -0.4 is 5.32 Å². The van der Waals surface area contributed by atoms with E-state index >= 15 is 0 Å². The van der Waals surface area contributed by atoms with Crippen molar-refractivity contribution in [1.29, 1.82) is 0 Å². The number of nitrogens with one attached hydrogen (secondary N) is 1. The number of phenolic OH excluding ortho intramolecular Hbond substituents is 2. The first-order valence-electron chi connectivity index (χ1n) is 5.82. The molecule has 0 aliphatic carbocycles. The van der Waals surface area contributed by atoms with E-state index in [0.717, 1.165) is 12.8 Å². The van der Waals surface area contributed by atoms with Crippen molar-refractivity contribution >= 4 is 0 Å². The van der Waals surface area contributed by atoms with Gasteiger partial charge in [-0.3, -0.25) is 5.32 Å². The molecule has 3 nitrogen and oxygen atoms in total. The van der Waals surface area contributed by atoms with E-state index in [9.17, 15) is 10.2 Å². The Bertz CT molecular complexity index is 409. The zero-order chi connectivity index (χ0) is 12.8. The van der Waals surface area contributed by atoms with Crippen LogP contribution in [-0.4, -0.2) is 16.3 Å². The van der Waals surface area contributed by atoms with E-state index in [2.05, 4.69) is 18.2 Å². The minimum Gasteiger partial charge on any atom is -0.508 e. The number of hydrogen-bond acceptors (Lipinski definition) is 3. The lowest BCUT2D eigenvalue weighted by Gasteiger charge is -2.20. The highest BCUT2D eigenvalue weighted by atomic mass is 16.3. The number of rotatable bonds is 5. The summed E-state index contributed by atoms with van der Waals surface area (Å²) in [5, 5.41) is 22.4. The highest BCUT2D eigenvalue weighted by molar-refractivity contribution is 5.40. The summed E-state index contributed by atoms with van der Waals surface area (Å²) in [5.74, 6) is 2.98. The van der Waals surface area contributed by atoms with Gasteiger partial charge in [-0.15, -0.1) is 6.42 Å². The summed E-state index contributed by atoms with van der Waals surface area (Å²) in [6.45, 7) is 3.98. The summed E-state index contributed by atoms with van der Waals surface area (Å²) < 4.78 is 0. The number of terminal acetylenes is 1. The molecule has 0 radical (unpaired) electrons. The lowest BCUT2D eigenvalue weighted by Crippen LogP contribution is -2.30. The van der Waals surface area contributed by atoms with Gasteiger partial charge in [-0.05, 0) is 31.5 Å². The van der Waals surface area contributed by atoms with Gasteiger partial charge in [0.2, 0.25) is 0 Å². The Balaban J connectivity index is 2.78. The largest absolute Gasteiger partial charge is 0.508 e. The molecule has 3 heteroatoms. The third-order valence-corrected chi connectivity index (χ3v) is 2.71. The average molecular weight is 233 g/mol. The van der Waals surface area contributed by atoms with Gasteiger partial charge in [0.05, 0.1) is 6.04 Å². The molecule has 0 heterocycles. The third-order valence-electron chi connectivity index (χ3n) is 2.71. The molecule has 1 aromatic rings. The first-order chi connectivity index (χ1) is 8.08. The fourth-order valence-electron chi connectivity index (χ4n) is 1.78. The lowest BCUT2D eigenvalue weighted by atomic mass is 10.0. The average Bonchev–Trinajstić information content (AvgIpc) is 2.31. The van der Waals surface area contributed by atoms with Gasteiger partial charge in [-0.1, -0.05) is 19.3 Å². The van der Waals surface area contributed by atoms with Crippen LogP contribution >= 0.6 is 0 Å². The maximum atomic E-state index is 9.72. The monoisotopic (exact) mass is 233 g/mol. The van der Waals surface area contributed by atoms with Crippen molar-refractivity contribution in [1.82, 2.24) is 5.32 Å². The van der Waals surface area contributed by atoms with Crippen LogP contribution in [0.4, 0.5) is 0 Å². The van der Waals surface area contributed by atoms with Gasteiger partial charge in [0.1, 0.15) is 11.5 Å². The van der Waals surface area contributed by atoms with Gasteiger partial charge in [0.25, 0.3) is 0 Å². The van der Waals surface area contributed by atoms with Crippen LogP contribution in [0.1, 0.15) is 38.3 Å². The third kappa shape index (κ3) is 3.69. The molecule has 0 amide bonds. The molecule has 0 bridgehead atoms. The van der Waals surface area contributed by atoms with E-state index in [1.54, 1.807) is 6.07 Å². The second-order valence-corrected chi connectivity index (χ2v) is 4.14. The molecule has 1 aromatic carbocycles. The summed E-state index contributed by atoms with van der Waals surface area (Å²) in [7, 11) is 0. The number of benzene rings is 1. The van der Waals surface area contributed by atoms with Gasteiger partial charge in [-0.2, -0.15) is 0 Å². The van der Waals surface area contributed by atoms with E-state index in [1.807, 2.05) is 6.92 Å². The molecule has 0 aliphatic rings. The van der Waals surface area contributed by atoms with Crippen molar-refractivity contribution in [3.63, 3.8) is 0 Å². The zero-order valence-corrected chi connectivity index (χ0v) is 10.3. The maximum absolute atomic E-state index is 9.72. The Morgan fingerprint density at radius 3 is 2.71 bits per heavy atom. The van der Waals surface area contributed by atoms with Gasteiger partial charge in [-0.25, -0.2) is 0 Å². The highest BCUT2D eigenvalue weighted by Crippen LogP contribution is 2.28. The summed E-state index contributed by atoms with van der Waals surface area (Å²) in [4.78, 5) is 0. The molecular formula is C14H19NO2. The van der Waals surface area contributed by atoms with Crippen LogP contribution in [0, 0.1) is 12.3 Å². The molecule has 0 spiro atoms. The smallest absolute Gasteiger partial charge is 0.120 e. The fourth-order valence-corrected chi connectivity index (χ4v) is 1.78. The van der Waals surface area contributed by atoms with Crippen molar-refractivity contribution in [3.8, 4) is 23.8 Å². The normalized spacial score (nSPS) is 13.9. The summed E-state index contributed by atoms with van der Waals surface area (Å²) in [6.07, 6.45) is 7.32. The standard InChI is InChI=1S/C14H19NO2/c1-4-6-11(5-2)15-10(3)13-9-12(16)7-8-14(13)17/h2,7-11,15-17H,4,6H2,1,3H3. The molecule has 0 aliphatic heterocycles. The summed E-state index contributed by atoms with van der Waals surface area (Å²) in [6, 6.07) is 4.36. The van der Waals surface area contributed by atoms with Crippen LogP contribution in [0.5, 0.6) is 11.5 Å². The van der Waals surface area contributed by atoms with Crippen LogP contribution in [0.3, 0.4) is 0 Å². The number of aromatic hydroxyl groups is 2. The van der Waals surface area contributed by atoms with E-state index in [0.29, 0.717) is 5.56 Å². The fraction of sp³-hybridized carbons (Fsp3) is 0.429. The summed E-state index contributed by atoms with van der Waals surface area (Å²) in [5.41, 5.74) is 0.654. The van der Waals surface area contributed by atoms with E-state index in [1.165, 1.54) is 12.1 Å². The zero-order valence-electron chi connectivity index (χ0n) is 10.3. The molecular weight excluding hydrogens is 214 g/mol. The van der Waals surface area contributed by atoms with Gasteiger partial charge >= 0.3 is 0 Å². The Morgan fingerprint density at radius 1 is 1.41 bits per heavy atom. The van der Waals surface area contributed by atoms with E-state index < -0.39 is 0 Å². The van der Waals surface area contributed by atoms with Crippen molar-refractivity contribution in [2.45, 2.75) is 38.8 Å². The van der Waals surface area contributed by atoms with E-state index in [-0.39, 0.29) is 23.6 Å². The quantitative estimate of drug-likeness (QED) is 0.541. The van der Waals surface area contributed by atoms with Crippen LogP contribution in [0.15, 0.2) is 18.2 Å².